The monoisotopic (exact) mass is 288 g/mol. The van der Waals surface area contributed by atoms with Crippen molar-refractivity contribution in [1.29, 1.82) is 0 Å². The predicted octanol–water partition coefficient (Wildman–Crippen LogP) is 3.02. The molecule has 0 radical (unpaired) electrons. The molecule has 2 aliphatic heterocycles. The lowest BCUT2D eigenvalue weighted by Crippen LogP contribution is -2.46. The first-order chi connectivity index (χ1) is 8.54. The Hall–Kier alpha value is -0.280. The molecule has 2 bridgehead atoms. The number of nitrogens with one attached hydrogen (secondary N) is 2. The molecule has 112 valence electrons. The zero-order valence-electron chi connectivity index (χ0n) is 12.5. The molecule has 19 heavy (non-hydrogen) atoms. The summed E-state index contributed by atoms with van der Waals surface area (Å²) in [6.45, 7) is 6.44. The second-order valence-electron chi connectivity index (χ2n) is 6.50. The fourth-order valence-electron chi connectivity index (χ4n) is 3.42. The van der Waals surface area contributed by atoms with Crippen LogP contribution < -0.4 is 10.6 Å². The zero-order valence-corrected chi connectivity index (χ0v) is 13.3. The molecule has 0 aromatic rings. The summed E-state index contributed by atoms with van der Waals surface area (Å²) in [5, 5.41) is 6.86. The van der Waals surface area contributed by atoms with Gasteiger partial charge in [-0.1, -0.05) is 13.8 Å². The lowest BCUT2D eigenvalue weighted by molar-refractivity contribution is -0.124. The molecule has 2 rings (SSSR count). The average molecular weight is 289 g/mol. The second-order valence-corrected chi connectivity index (χ2v) is 6.50. The summed E-state index contributed by atoms with van der Waals surface area (Å²) in [5.41, 5.74) is -0.0109. The van der Waals surface area contributed by atoms with Gasteiger partial charge in [-0.05, 0) is 51.4 Å². The molecule has 2 atom stereocenters. The molecule has 0 aromatic carbocycles. The van der Waals surface area contributed by atoms with Crippen molar-refractivity contribution in [3.8, 4) is 0 Å². The molecule has 2 saturated heterocycles. The van der Waals surface area contributed by atoms with Crippen LogP contribution >= 0.6 is 12.4 Å². The van der Waals surface area contributed by atoms with Gasteiger partial charge < -0.3 is 10.6 Å². The Morgan fingerprint density at radius 2 is 1.74 bits per heavy atom. The molecule has 2 unspecified atom stereocenters. The number of hydrogen-bond acceptors (Lipinski definition) is 2. The van der Waals surface area contributed by atoms with Gasteiger partial charge in [0.05, 0.1) is 0 Å². The highest BCUT2D eigenvalue weighted by Crippen LogP contribution is 2.32. The van der Waals surface area contributed by atoms with Crippen LogP contribution in [0, 0.1) is 5.92 Å². The van der Waals surface area contributed by atoms with E-state index in [1.165, 1.54) is 25.7 Å². The first-order valence-electron chi connectivity index (χ1n) is 7.61. The van der Waals surface area contributed by atoms with Crippen LogP contribution in [0.25, 0.3) is 0 Å². The summed E-state index contributed by atoms with van der Waals surface area (Å²) >= 11 is 0. The molecule has 4 heteroatoms. The van der Waals surface area contributed by atoms with Crippen molar-refractivity contribution >= 4 is 18.3 Å². The van der Waals surface area contributed by atoms with Crippen LogP contribution in [0.4, 0.5) is 0 Å². The molecule has 2 heterocycles. The molecular formula is C15H29ClN2O. The first kappa shape index (κ1) is 16.8. The summed E-state index contributed by atoms with van der Waals surface area (Å²) in [4.78, 5) is 12.1. The van der Waals surface area contributed by atoms with Crippen molar-refractivity contribution in [2.75, 3.05) is 0 Å². The van der Waals surface area contributed by atoms with Gasteiger partial charge in [-0.15, -0.1) is 12.4 Å². The maximum absolute atomic E-state index is 12.1. The van der Waals surface area contributed by atoms with Gasteiger partial charge in [0.1, 0.15) is 0 Å². The molecule has 3 nitrogen and oxygen atoms in total. The summed E-state index contributed by atoms with van der Waals surface area (Å²) in [5.74, 6) is 0.856. The lowest BCUT2D eigenvalue weighted by Gasteiger charge is -2.32. The number of halogens is 1. The Balaban J connectivity index is 0.00000180. The third-order valence-corrected chi connectivity index (χ3v) is 5.05. The first-order valence-corrected chi connectivity index (χ1v) is 7.61. The molecule has 2 N–H and O–H groups in total. The van der Waals surface area contributed by atoms with Gasteiger partial charge in [0.2, 0.25) is 5.91 Å². The highest BCUT2D eigenvalue weighted by Gasteiger charge is 2.34. The molecule has 0 aromatic heterocycles. The maximum Gasteiger partial charge on any atom is 0.220 e. The Bertz CT molecular complexity index is 293. The predicted molar refractivity (Wildman–Crippen MR) is 81.7 cm³/mol. The van der Waals surface area contributed by atoms with E-state index >= 15 is 0 Å². The van der Waals surface area contributed by atoms with Gasteiger partial charge in [-0.2, -0.15) is 0 Å². The third-order valence-electron chi connectivity index (χ3n) is 5.05. The fraction of sp³-hybridized carbons (Fsp3) is 0.933. The Morgan fingerprint density at radius 1 is 1.21 bits per heavy atom. The minimum atomic E-state index is -0.0109. The van der Waals surface area contributed by atoms with Crippen LogP contribution in [-0.2, 0) is 4.79 Å². The minimum absolute atomic E-state index is 0. The van der Waals surface area contributed by atoms with Crippen molar-refractivity contribution in [2.45, 2.75) is 83.3 Å². The number of rotatable bonds is 5. The van der Waals surface area contributed by atoms with Gasteiger partial charge in [-0.3, -0.25) is 4.79 Å². The SMILES string of the molecule is CCC(C)(CC)NC(=O)CC1CC2CCC(C1)N2.Cl. The smallest absolute Gasteiger partial charge is 0.220 e. The molecule has 2 aliphatic rings. The standard InChI is InChI=1S/C15H28N2O.ClH/c1-4-15(3,5-2)17-14(18)10-11-8-12-6-7-13(9-11)16-12;/h11-13,16H,4-10H2,1-3H3,(H,17,18);1H. The van der Waals surface area contributed by atoms with E-state index in [0.29, 0.717) is 18.0 Å². The van der Waals surface area contributed by atoms with E-state index in [2.05, 4.69) is 31.4 Å². The van der Waals surface area contributed by atoms with E-state index in [-0.39, 0.29) is 23.9 Å². The Morgan fingerprint density at radius 3 is 2.21 bits per heavy atom. The lowest BCUT2D eigenvalue weighted by atomic mass is 9.88. The van der Waals surface area contributed by atoms with Crippen molar-refractivity contribution in [3.63, 3.8) is 0 Å². The van der Waals surface area contributed by atoms with Crippen LogP contribution in [0.15, 0.2) is 0 Å². The molecule has 0 aliphatic carbocycles. The van der Waals surface area contributed by atoms with Crippen LogP contribution in [0.5, 0.6) is 0 Å². The van der Waals surface area contributed by atoms with Gasteiger partial charge in [0.15, 0.2) is 0 Å². The highest BCUT2D eigenvalue weighted by atomic mass is 35.5. The maximum atomic E-state index is 12.1. The minimum Gasteiger partial charge on any atom is -0.351 e. The summed E-state index contributed by atoms with van der Waals surface area (Å²) < 4.78 is 0. The van der Waals surface area contributed by atoms with Crippen LogP contribution in [0.3, 0.4) is 0 Å². The molecule has 2 fully saturated rings. The highest BCUT2D eigenvalue weighted by molar-refractivity contribution is 5.85. The average Bonchev–Trinajstić information content (AvgIpc) is 2.68. The summed E-state index contributed by atoms with van der Waals surface area (Å²) in [7, 11) is 0. The van der Waals surface area contributed by atoms with Crippen molar-refractivity contribution in [1.82, 2.24) is 10.6 Å². The van der Waals surface area contributed by atoms with E-state index in [0.717, 1.165) is 19.3 Å². The number of hydrogen-bond donors (Lipinski definition) is 2. The van der Waals surface area contributed by atoms with E-state index in [4.69, 9.17) is 0 Å². The third kappa shape index (κ3) is 4.35. The number of amides is 1. The number of carbonyl (C=O) groups is 1. The van der Waals surface area contributed by atoms with Gasteiger partial charge >= 0.3 is 0 Å². The summed E-state index contributed by atoms with van der Waals surface area (Å²) in [6, 6.07) is 1.37. The topological polar surface area (TPSA) is 41.1 Å². The Kier molecular flexibility index (Phi) is 6.13. The Labute approximate surface area is 123 Å². The molecule has 0 spiro atoms. The number of fused-ring (bicyclic) bond motifs is 2. The van der Waals surface area contributed by atoms with Crippen LogP contribution in [0.1, 0.15) is 65.7 Å². The van der Waals surface area contributed by atoms with E-state index in [1.54, 1.807) is 0 Å². The van der Waals surface area contributed by atoms with Crippen LogP contribution in [-0.4, -0.2) is 23.5 Å². The largest absolute Gasteiger partial charge is 0.351 e. The number of carbonyl (C=O) groups excluding carboxylic acids is 1. The second kappa shape index (κ2) is 6.94. The zero-order chi connectivity index (χ0) is 13.2. The van der Waals surface area contributed by atoms with E-state index in [1.807, 2.05) is 0 Å². The van der Waals surface area contributed by atoms with Crippen molar-refractivity contribution in [2.24, 2.45) is 5.92 Å². The summed E-state index contributed by atoms with van der Waals surface area (Å²) in [6.07, 6.45) is 7.75. The van der Waals surface area contributed by atoms with Crippen LogP contribution in [0.2, 0.25) is 0 Å². The molecule has 1 amide bonds. The number of piperidine rings is 1. The normalized spacial score (nSPS) is 29.7. The van der Waals surface area contributed by atoms with Gasteiger partial charge in [-0.25, -0.2) is 0 Å². The quantitative estimate of drug-likeness (QED) is 0.816. The van der Waals surface area contributed by atoms with Crippen molar-refractivity contribution in [3.05, 3.63) is 0 Å². The van der Waals surface area contributed by atoms with E-state index < -0.39 is 0 Å². The van der Waals surface area contributed by atoms with E-state index in [9.17, 15) is 4.79 Å². The van der Waals surface area contributed by atoms with Gasteiger partial charge in [0.25, 0.3) is 0 Å². The molecular weight excluding hydrogens is 260 g/mol. The molecule has 0 saturated carbocycles. The van der Waals surface area contributed by atoms with Crippen molar-refractivity contribution < 1.29 is 4.79 Å². The fourth-order valence-corrected chi connectivity index (χ4v) is 3.42. The van der Waals surface area contributed by atoms with Gasteiger partial charge in [0, 0.05) is 24.0 Å².